The Hall–Kier alpha value is -1.50. The fraction of sp³-hybridized carbons (Fsp3) is 0.400. The van der Waals surface area contributed by atoms with Crippen LogP contribution in [0.4, 0.5) is 5.69 Å². The second kappa shape index (κ2) is 5.24. The molecular formula is C15H17ClN2O. The molecule has 0 spiro atoms. The molecule has 1 amide bonds. The maximum absolute atomic E-state index is 12.1. The van der Waals surface area contributed by atoms with Crippen LogP contribution in [0.3, 0.4) is 0 Å². The first kappa shape index (κ1) is 13.9. The molecule has 4 heteroatoms. The van der Waals surface area contributed by atoms with Gasteiger partial charge in [-0.15, -0.1) is 0 Å². The number of carbonyl (C=O) groups is 1. The van der Waals surface area contributed by atoms with E-state index in [0.717, 1.165) is 12.0 Å². The van der Waals surface area contributed by atoms with E-state index in [1.54, 1.807) is 18.2 Å². The van der Waals surface area contributed by atoms with Crippen molar-refractivity contribution in [2.75, 3.05) is 11.9 Å². The molecule has 19 heavy (non-hydrogen) atoms. The van der Waals surface area contributed by atoms with Crippen LogP contribution >= 0.6 is 11.6 Å². The van der Waals surface area contributed by atoms with E-state index in [2.05, 4.69) is 31.0 Å². The topological polar surface area (TPSA) is 55.1 Å². The normalized spacial score (nSPS) is 19.3. The molecule has 0 radical (unpaired) electrons. The van der Waals surface area contributed by atoms with E-state index in [-0.39, 0.29) is 23.8 Å². The Balaban J connectivity index is 2.19. The van der Waals surface area contributed by atoms with Crippen molar-refractivity contribution < 1.29 is 4.79 Å². The van der Waals surface area contributed by atoms with Gasteiger partial charge in [-0.3, -0.25) is 4.79 Å². The third-order valence-electron chi connectivity index (χ3n) is 3.39. The van der Waals surface area contributed by atoms with Gasteiger partial charge in [0, 0.05) is 16.5 Å². The predicted molar refractivity (Wildman–Crippen MR) is 77.9 cm³/mol. The van der Waals surface area contributed by atoms with Crippen molar-refractivity contribution in [3.05, 3.63) is 28.8 Å². The Morgan fingerprint density at radius 3 is 2.84 bits per heavy atom. The van der Waals surface area contributed by atoms with Crippen LogP contribution in [0.25, 0.3) is 0 Å². The number of halogens is 1. The Morgan fingerprint density at radius 2 is 2.26 bits per heavy atom. The lowest BCUT2D eigenvalue weighted by Gasteiger charge is -2.09. The highest BCUT2D eigenvalue weighted by atomic mass is 35.5. The molecule has 3 nitrogen and oxygen atoms in total. The van der Waals surface area contributed by atoms with E-state index >= 15 is 0 Å². The highest BCUT2D eigenvalue weighted by molar-refractivity contribution is 6.31. The van der Waals surface area contributed by atoms with Gasteiger partial charge in [0.1, 0.15) is 0 Å². The summed E-state index contributed by atoms with van der Waals surface area (Å²) in [7, 11) is 0. The molecule has 1 aliphatic carbocycles. The van der Waals surface area contributed by atoms with Crippen molar-refractivity contribution in [3.8, 4) is 11.8 Å². The first-order valence-corrected chi connectivity index (χ1v) is 6.61. The van der Waals surface area contributed by atoms with Crippen LogP contribution in [0, 0.1) is 23.2 Å². The van der Waals surface area contributed by atoms with Gasteiger partial charge in [0.15, 0.2) is 0 Å². The van der Waals surface area contributed by atoms with E-state index < -0.39 is 0 Å². The maximum atomic E-state index is 12.1. The molecule has 1 fully saturated rings. The summed E-state index contributed by atoms with van der Waals surface area (Å²) in [5.74, 6) is 5.82. The van der Waals surface area contributed by atoms with E-state index in [1.165, 1.54) is 0 Å². The zero-order valence-electron chi connectivity index (χ0n) is 11.1. The summed E-state index contributed by atoms with van der Waals surface area (Å²) in [6, 6.07) is 5.26. The van der Waals surface area contributed by atoms with Crippen molar-refractivity contribution >= 4 is 23.2 Å². The summed E-state index contributed by atoms with van der Waals surface area (Å²) in [4.78, 5) is 12.1. The molecule has 0 aromatic heterocycles. The molecule has 1 aromatic carbocycles. The number of amides is 1. The number of benzene rings is 1. The number of carbonyl (C=O) groups excluding carboxylic acids is 1. The molecule has 1 aliphatic rings. The summed E-state index contributed by atoms with van der Waals surface area (Å²) < 4.78 is 0. The fourth-order valence-electron chi connectivity index (χ4n) is 2.01. The zero-order valence-corrected chi connectivity index (χ0v) is 11.8. The van der Waals surface area contributed by atoms with Gasteiger partial charge in [-0.25, -0.2) is 0 Å². The van der Waals surface area contributed by atoms with Crippen LogP contribution in [-0.4, -0.2) is 12.5 Å². The van der Waals surface area contributed by atoms with Crippen molar-refractivity contribution in [2.24, 2.45) is 17.1 Å². The van der Waals surface area contributed by atoms with Gasteiger partial charge in [0.2, 0.25) is 5.91 Å². The van der Waals surface area contributed by atoms with Gasteiger partial charge in [0.05, 0.1) is 12.2 Å². The summed E-state index contributed by atoms with van der Waals surface area (Å²) in [6.45, 7) is 4.46. The van der Waals surface area contributed by atoms with Crippen LogP contribution in [0.2, 0.25) is 5.02 Å². The molecule has 0 heterocycles. The van der Waals surface area contributed by atoms with Gasteiger partial charge in [-0.2, -0.15) is 0 Å². The predicted octanol–water partition coefficient (Wildman–Crippen LogP) is 2.63. The number of nitrogens with one attached hydrogen (secondary N) is 1. The molecule has 0 aliphatic heterocycles. The summed E-state index contributed by atoms with van der Waals surface area (Å²) in [5.41, 5.74) is 6.86. The highest BCUT2D eigenvalue weighted by Gasteiger charge is 2.50. The lowest BCUT2D eigenvalue weighted by atomic mass is 10.1. The largest absolute Gasteiger partial charge is 0.325 e. The average Bonchev–Trinajstić information content (AvgIpc) is 2.98. The molecule has 1 aromatic rings. The Bertz CT molecular complexity index is 569. The van der Waals surface area contributed by atoms with Gasteiger partial charge in [-0.05, 0) is 30.0 Å². The molecule has 0 bridgehead atoms. The van der Waals surface area contributed by atoms with E-state index in [9.17, 15) is 4.79 Å². The lowest BCUT2D eigenvalue weighted by Crippen LogP contribution is -2.17. The van der Waals surface area contributed by atoms with Crippen LogP contribution in [-0.2, 0) is 4.79 Å². The lowest BCUT2D eigenvalue weighted by molar-refractivity contribution is -0.118. The van der Waals surface area contributed by atoms with Crippen molar-refractivity contribution in [2.45, 2.75) is 20.3 Å². The standard InChI is InChI=1S/C15H17ClN2O/c1-15(2)9-12(15)14(19)18-13-8-11(16)6-5-10(13)4-3-7-17/h5-6,8,12H,7,9,17H2,1-2H3,(H,18,19). The van der Waals surface area contributed by atoms with Crippen molar-refractivity contribution in [1.82, 2.24) is 0 Å². The number of hydrogen-bond donors (Lipinski definition) is 2. The number of anilines is 1. The van der Waals surface area contributed by atoms with Gasteiger partial charge in [-0.1, -0.05) is 37.3 Å². The minimum atomic E-state index is 0.0306. The van der Waals surface area contributed by atoms with E-state index in [0.29, 0.717) is 10.7 Å². The first-order chi connectivity index (χ1) is 8.94. The Morgan fingerprint density at radius 1 is 1.58 bits per heavy atom. The molecule has 0 saturated heterocycles. The van der Waals surface area contributed by atoms with Crippen molar-refractivity contribution in [3.63, 3.8) is 0 Å². The zero-order chi connectivity index (χ0) is 14.0. The monoisotopic (exact) mass is 276 g/mol. The average molecular weight is 277 g/mol. The summed E-state index contributed by atoms with van der Waals surface area (Å²) >= 11 is 5.96. The smallest absolute Gasteiger partial charge is 0.228 e. The van der Waals surface area contributed by atoms with Crippen LogP contribution < -0.4 is 11.1 Å². The summed E-state index contributed by atoms with van der Waals surface area (Å²) in [5, 5.41) is 3.48. The molecule has 100 valence electrons. The number of hydrogen-bond acceptors (Lipinski definition) is 2. The molecule has 3 N–H and O–H groups in total. The third-order valence-corrected chi connectivity index (χ3v) is 3.63. The number of nitrogens with two attached hydrogens (primary N) is 1. The van der Waals surface area contributed by atoms with E-state index in [4.69, 9.17) is 17.3 Å². The first-order valence-electron chi connectivity index (χ1n) is 6.23. The van der Waals surface area contributed by atoms with E-state index in [1.807, 2.05) is 0 Å². The maximum Gasteiger partial charge on any atom is 0.228 e. The molecule has 1 saturated carbocycles. The number of rotatable bonds is 2. The van der Waals surface area contributed by atoms with Gasteiger partial charge < -0.3 is 11.1 Å². The highest BCUT2D eigenvalue weighted by Crippen LogP contribution is 2.52. The fourth-order valence-corrected chi connectivity index (χ4v) is 2.18. The van der Waals surface area contributed by atoms with Crippen molar-refractivity contribution in [1.29, 1.82) is 0 Å². The Labute approximate surface area is 118 Å². The molecular weight excluding hydrogens is 260 g/mol. The minimum Gasteiger partial charge on any atom is -0.325 e. The molecule has 1 atom stereocenters. The molecule has 2 rings (SSSR count). The second-order valence-electron chi connectivity index (χ2n) is 5.43. The van der Waals surface area contributed by atoms with Crippen LogP contribution in [0.5, 0.6) is 0 Å². The molecule has 1 unspecified atom stereocenters. The van der Waals surface area contributed by atoms with Crippen LogP contribution in [0.15, 0.2) is 18.2 Å². The Kier molecular flexibility index (Phi) is 3.84. The minimum absolute atomic E-state index is 0.0306. The third kappa shape index (κ3) is 3.28. The quantitative estimate of drug-likeness (QED) is 0.816. The van der Waals surface area contributed by atoms with Crippen LogP contribution in [0.1, 0.15) is 25.8 Å². The second-order valence-corrected chi connectivity index (χ2v) is 5.87. The van der Waals surface area contributed by atoms with Gasteiger partial charge in [0.25, 0.3) is 0 Å². The summed E-state index contributed by atoms with van der Waals surface area (Å²) in [6.07, 6.45) is 0.920. The SMILES string of the molecule is CC1(C)CC1C(=O)Nc1cc(Cl)ccc1C#CCN. The van der Waals surface area contributed by atoms with Gasteiger partial charge >= 0.3 is 0 Å².